The number of halogens is 3. The van der Waals surface area contributed by atoms with Crippen LogP contribution in [0.5, 0.6) is 0 Å². The van der Waals surface area contributed by atoms with Gasteiger partial charge in [-0.05, 0) is 37.3 Å². The number of para-hydroxylation sites is 2. The van der Waals surface area contributed by atoms with Crippen molar-refractivity contribution in [2.45, 2.75) is 13.1 Å². The summed E-state index contributed by atoms with van der Waals surface area (Å²) in [6.45, 7) is 2.15. The van der Waals surface area contributed by atoms with Gasteiger partial charge in [0.05, 0.1) is 5.56 Å². The van der Waals surface area contributed by atoms with E-state index in [2.05, 4.69) is 10.1 Å². The Morgan fingerprint density at radius 3 is 2.33 bits per heavy atom. The molecule has 36 heavy (non-hydrogen) atoms. The SMILES string of the molecule is CCN(C(=O)c1nn(-c2ccc(C(F)(F)F)cn2)c(=O)c2c1c1ccccc1n2C)c1ccccc1. The number of nitrogens with zero attached hydrogens (tertiary/aromatic N) is 5. The Bertz CT molecular complexity index is 1660. The quantitative estimate of drug-likeness (QED) is 0.356. The molecule has 182 valence electrons. The molecule has 0 N–H and O–H groups in total. The summed E-state index contributed by atoms with van der Waals surface area (Å²) in [6.07, 6.45) is -3.94. The van der Waals surface area contributed by atoms with E-state index in [9.17, 15) is 22.8 Å². The van der Waals surface area contributed by atoms with Crippen LogP contribution in [0.3, 0.4) is 0 Å². The molecule has 0 bridgehead atoms. The van der Waals surface area contributed by atoms with Gasteiger partial charge in [-0.25, -0.2) is 4.98 Å². The Labute approximate surface area is 203 Å². The van der Waals surface area contributed by atoms with Crippen LogP contribution in [0.4, 0.5) is 18.9 Å². The molecule has 0 aliphatic heterocycles. The van der Waals surface area contributed by atoms with Gasteiger partial charge in [-0.1, -0.05) is 36.4 Å². The van der Waals surface area contributed by atoms with Crippen molar-refractivity contribution in [2.24, 2.45) is 7.05 Å². The maximum absolute atomic E-state index is 13.9. The Kier molecular flexibility index (Phi) is 5.58. The van der Waals surface area contributed by atoms with Gasteiger partial charge < -0.3 is 9.47 Å². The largest absolute Gasteiger partial charge is 0.417 e. The predicted molar refractivity (Wildman–Crippen MR) is 130 cm³/mol. The number of aryl methyl sites for hydroxylation is 1. The number of anilines is 1. The molecule has 5 aromatic rings. The summed E-state index contributed by atoms with van der Waals surface area (Å²) in [5, 5.41) is 5.42. The molecule has 0 radical (unpaired) electrons. The number of alkyl halides is 3. The van der Waals surface area contributed by atoms with Gasteiger partial charge in [0.1, 0.15) is 5.52 Å². The summed E-state index contributed by atoms with van der Waals surface area (Å²) < 4.78 is 41.7. The molecule has 1 amide bonds. The number of hydrogen-bond donors (Lipinski definition) is 0. The van der Waals surface area contributed by atoms with Crippen molar-refractivity contribution in [2.75, 3.05) is 11.4 Å². The van der Waals surface area contributed by atoms with Crippen molar-refractivity contribution < 1.29 is 18.0 Å². The summed E-state index contributed by atoms with van der Waals surface area (Å²) in [6, 6.07) is 18.1. The number of pyridine rings is 1. The highest BCUT2D eigenvalue weighted by Gasteiger charge is 2.31. The smallest absolute Gasteiger partial charge is 0.339 e. The minimum absolute atomic E-state index is 0.00574. The van der Waals surface area contributed by atoms with E-state index in [-0.39, 0.29) is 17.0 Å². The van der Waals surface area contributed by atoms with E-state index >= 15 is 0 Å². The Morgan fingerprint density at radius 2 is 1.69 bits per heavy atom. The van der Waals surface area contributed by atoms with Gasteiger partial charge in [-0.15, -0.1) is 0 Å². The molecule has 0 fully saturated rings. The Hall–Kier alpha value is -4.47. The lowest BCUT2D eigenvalue weighted by Crippen LogP contribution is -2.34. The van der Waals surface area contributed by atoms with Gasteiger partial charge in [-0.2, -0.15) is 23.0 Å². The molecule has 7 nitrogen and oxygen atoms in total. The van der Waals surface area contributed by atoms with Gasteiger partial charge in [-0.3, -0.25) is 9.59 Å². The fourth-order valence-corrected chi connectivity index (χ4v) is 4.34. The third-order valence-corrected chi connectivity index (χ3v) is 6.06. The average Bonchev–Trinajstić information content (AvgIpc) is 3.18. The van der Waals surface area contributed by atoms with Crippen molar-refractivity contribution in [3.8, 4) is 5.82 Å². The Morgan fingerprint density at radius 1 is 1.00 bits per heavy atom. The molecule has 0 saturated carbocycles. The molecular weight excluding hydrogens is 471 g/mol. The molecule has 0 unspecified atom stereocenters. The first-order valence-electron chi connectivity index (χ1n) is 11.1. The third kappa shape index (κ3) is 3.71. The van der Waals surface area contributed by atoms with Crippen LogP contribution in [0.2, 0.25) is 0 Å². The van der Waals surface area contributed by atoms with Gasteiger partial charge in [0.2, 0.25) is 0 Å². The normalized spacial score (nSPS) is 11.8. The van der Waals surface area contributed by atoms with Crippen LogP contribution in [-0.2, 0) is 13.2 Å². The number of rotatable bonds is 4. The van der Waals surface area contributed by atoms with Crippen LogP contribution in [0.1, 0.15) is 23.0 Å². The van der Waals surface area contributed by atoms with Crippen LogP contribution in [0.15, 0.2) is 77.7 Å². The standard InChI is InChI=1S/C26H20F3N5O2/c1-3-33(17-9-5-4-6-10-17)24(35)22-21-18-11-7-8-12-19(18)32(2)23(21)25(36)34(31-22)20-14-13-16(15-30-20)26(27,28)29/h4-15H,3H2,1-2H3. The number of aromatic nitrogens is 4. The number of hydrogen-bond acceptors (Lipinski definition) is 4. The first kappa shape index (κ1) is 23.3. The molecule has 10 heteroatoms. The summed E-state index contributed by atoms with van der Waals surface area (Å²) in [7, 11) is 1.69. The Balaban J connectivity index is 1.81. The van der Waals surface area contributed by atoms with E-state index in [1.165, 1.54) is 4.90 Å². The van der Waals surface area contributed by atoms with Crippen molar-refractivity contribution in [1.82, 2.24) is 19.3 Å². The highest BCUT2D eigenvalue weighted by molar-refractivity contribution is 6.20. The fourth-order valence-electron chi connectivity index (χ4n) is 4.34. The predicted octanol–water partition coefficient (Wildman–Crippen LogP) is 4.96. The molecule has 3 heterocycles. The van der Waals surface area contributed by atoms with E-state index in [4.69, 9.17) is 0 Å². The maximum atomic E-state index is 13.9. The molecular formula is C26H20F3N5O2. The van der Waals surface area contributed by atoms with Gasteiger partial charge in [0.25, 0.3) is 11.5 Å². The number of fused-ring (bicyclic) bond motifs is 3. The molecule has 2 aromatic carbocycles. The lowest BCUT2D eigenvalue weighted by molar-refractivity contribution is -0.137. The van der Waals surface area contributed by atoms with Crippen molar-refractivity contribution >= 4 is 33.4 Å². The van der Waals surface area contributed by atoms with Crippen molar-refractivity contribution in [1.29, 1.82) is 0 Å². The summed E-state index contributed by atoms with van der Waals surface area (Å²) in [5.41, 5.74) is -0.0149. The number of benzene rings is 2. The van der Waals surface area contributed by atoms with Crippen LogP contribution < -0.4 is 10.5 Å². The van der Waals surface area contributed by atoms with Gasteiger partial charge in [0.15, 0.2) is 11.5 Å². The van der Waals surface area contributed by atoms with Crippen LogP contribution in [-0.4, -0.2) is 31.8 Å². The van der Waals surface area contributed by atoms with E-state index in [0.29, 0.717) is 34.7 Å². The van der Waals surface area contributed by atoms with E-state index < -0.39 is 23.2 Å². The molecule has 0 aliphatic carbocycles. The van der Waals surface area contributed by atoms with Gasteiger partial charge >= 0.3 is 6.18 Å². The van der Waals surface area contributed by atoms with Crippen molar-refractivity contribution in [3.63, 3.8) is 0 Å². The highest BCUT2D eigenvalue weighted by Crippen LogP contribution is 2.31. The minimum Gasteiger partial charge on any atom is -0.339 e. The lowest BCUT2D eigenvalue weighted by Gasteiger charge is -2.21. The van der Waals surface area contributed by atoms with Crippen LogP contribution in [0.25, 0.3) is 27.6 Å². The summed E-state index contributed by atoms with van der Waals surface area (Å²) in [4.78, 5) is 32.8. The number of carbonyl (C=O) groups excluding carboxylic acids is 1. The second-order valence-corrected chi connectivity index (χ2v) is 8.15. The van der Waals surface area contributed by atoms with E-state index in [0.717, 1.165) is 16.8 Å². The second kappa shape index (κ2) is 8.63. The highest BCUT2D eigenvalue weighted by atomic mass is 19.4. The molecule has 5 rings (SSSR count). The van der Waals surface area contributed by atoms with Crippen LogP contribution in [0, 0.1) is 0 Å². The molecule has 3 aromatic heterocycles. The first-order chi connectivity index (χ1) is 17.2. The molecule has 0 atom stereocenters. The van der Waals surface area contributed by atoms with Crippen LogP contribution >= 0.6 is 0 Å². The average molecular weight is 491 g/mol. The molecule has 0 spiro atoms. The topological polar surface area (TPSA) is 73.0 Å². The fraction of sp³-hybridized carbons (Fsp3) is 0.154. The monoisotopic (exact) mass is 491 g/mol. The zero-order valence-corrected chi connectivity index (χ0v) is 19.3. The molecule has 0 saturated heterocycles. The second-order valence-electron chi connectivity index (χ2n) is 8.15. The summed E-state index contributed by atoms with van der Waals surface area (Å²) >= 11 is 0. The third-order valence-electron chi connectivity index (χ3n) is 6.06. The minimum atomic E-state index is -4.58. The zero-order valence-electron chi connectivity index (χ0n) is 19.3. The van der Waals surface area contributed by atoms with Crippen molar-refractivity contribution in [3.05, 3.63) is 94.5 Å². The number of amides is 1. The maximum Gasteiger partial charge on any atom is 0.417 e. The number of carbonyl (C=O) groups is 1. The lowest BCUT2D eigenvalue weighted by atomic mass is 10.1. The van der Waals surface area contributed by atoms with E-state index in [1.807, 2.05) is 25.1 Å². The molecule has 0 aliphatic rings. The van der Waals surface area contributed by atoms with E-state index in [1.54, 1.807) is 48.0 Å². The first-order valence-corrected chi connectivity index (χ1v) is 11.1. The van der Waals surface area contributed by atoms with Gasteiger partial charge in [0, 0.05) is 41.8 Å². The zero-order chi connectivity index (χ0) is 25.6. The summed E-state index contributed by atoms with van der Waals surface area (Å²) in [5.74, 6) is -0.581.